The second kappa shape index (κ2) is 3.37. The topological polar surface area (TPSA) is 38.4 Å². The van der Waals surface area contributed by atoms with E-state index in [4.69, 9.17) is 5.84 Å². The number of nitrogens with zero attached hydrogens (tertiary/aromatic N) is 1. The molecule has 0 aromatic heterocycles. The third-order valence-corrected chi connectivity index (χ3v) is 1.62. The Morgan fingerprint density at radius 1 is 1.30 bits per heavy atom. The molecule has 0 spiro atoms. The van der Waals surface area contributed by atoms with Crippen molar-refractivity contribution in [2.45, 2.75) is 0 Å². The lowest BCUT2D eigenvalue weighted by Crippen LogP contribution is -1.84. The smallest absolute Gasteiger partial charge is 0.0538 e. The van der Waals surface area contributed by atoms with E-state index < -0.39 is 0 Å². The first-order valence-corrected chi connectivity index (χ1v) is 3.61. The second-order valence-corrected chi connectivity index (χ2v) is 2.75. The number of hydrogen-bond acceptors (Lipinski definition) is 2. The Hall–Kier alpha value is -0.830. The molecule has 2 N–H and O–H groups in total. The molecule has 1 aromatic rings. The normalized spacial score (nSPS) is 10.5. The number of rotatable bonds is 1. The molecule has 0 atom stereocenters. The van der Waals surface area contributed by atoms with Crippen LogP contribution in [0.5, 0.6) is 0 Å². The molecule has 0 fully saturated rings. The van der Waals surface area contributed by atoms with Crippen LogP contribution in [0.15, 0.2) is 33.8 Å². The molecule has 0 amide bonds. The Balaban J connectivity index is 2.89. The lowest BCUT2D eigenvalue weighted by Gasteiger charge is -1.90. The summed E-state index contributed by atoms with van der Waals surface area (Å²) in [5, 5.41) is 3.40. The summed E-state index contributed by atoms with van der Waals surface area (Å²) in [5.74, 6) is 4.96. The maximum atomic E-state index is 4.96. The van der Waals surface area contributed by atoms with Crippen LogP contribution >= 0.6 is 15.9 Å². The minimum absolute atomic E-state index is 1.01. The average molecular weight is 199 g/mol. The van der Waals surface area contributed by atoms with Crippen molar-refractivity contribution in [3.8, 4) is 0 Å². The van der Waals surface area contributed by atoms with Crippen molar-refractivity contribution in [3.05, 3.63) is 34.3 Å². The van der Waals surface area contributed by atoms with Gasteiger partial charge in [0.1, 0.15) is 0 Å². The van der Waals surface area contributed by atoms with E-state index in [0.29, 0.717) is 0 Å². The quantitative estimate of drug-likeness (QED) is 0.417. The lowest BCUT2D eigenvalue weighted by atomic mass is 10.2. The third-order valence-electron chi connectivity index (χ3n) is 1.09. The van der Waals surface area contributed by atoms with Crippen LogP contribution in [0.2, 0.25) is 0 Å². The van der Waals surface area contributed by atoms with E-state index in [0.717, 1.165) is 10.0 Å². The molecule has 0 aliphatic rings. The van der Waals surface area contributed by atoms with Crippen LogP contribution in [-0.4, -0.2) is 6.21 Å². The van der Waals surface area contributed by atoms with Crippen molar-refractivity contribution in [3.63, 3.8) is 0 Å². The first-order chi connectivity index (χ1) is 4.83. The van der Waals surface area contributed by atoms with Gasteiger partial charge in [0.15, 0.2) is 0 Å². The van der Waals surface area contributed by atoms with Crippen molar-refractivity contribution < 1.29 is 0 Å². The molecule has 0 heterocycles. The van der Waals surface area contributed by atoms with E-state index in [1.165, 1.54) is 0 Å². The molecular formula is C7H7BrN2. The zero-order valence-corrected chi connectivity index (χ0v) is 6.88. The number of benzene rings is 1. The molecule has 0 bridgehead atoms. The Bertz CT molecular complexity index is 228. The minimum Gasteiger partial charge on any atom is -0.323 e. The highest BCUT2D eigenvalue weighted by Gasteiger charge is 1.85. The zero-order chi connectivity index (χ0) is 7.40. The van der Waals surface area contributed by atoms with Crippen LogP contribution in [0, 0.1) is 0 Å². The van der Waals surface area contributed by atoms with Crippen molar-refractivity contribution in [2.24, 2.45) is 10.9 Å². The molecular weight excluding hydrogens is 192 g/mol. The van der Waals surface area contributed by atoms with Crippen LogP contribution in [0.1, 0.15) is 5.56 Å². The molecule has 0 saturated carbocycles. The van der Waals surface area contributed by atoms with Gasteiger partial charge in [-0.15, -0.1) is 0 Å². The summed E-state index contributed by atoms with van der Waals surface area (Å²) in [6.07, 6.45) is 1.60. The maximum Gasteiger partial charge on any atom is 0.0538 e. The van der Waals surface area contributed by atoms with Gasteiger partial charge in [-0.2, -0.15) is 5.10 Å². The van der Waals surface area contributed by atoms with Crippen LogP contribution < -0.4 is 5.84 Å². The molecule has 0 radical (unpaired) electrons. The molecule has 1 aromatic carbocycles. The summed E-state index contributed by atoms with van der Waals surface area (Å²) in [7, 11) is 0. The van der Waals surface area contributed by atoms with Gasteiger partial charge >= 0.3 is 0 Å². The number of hydrogen-bond donors (Lipinski definition) is 1. The van der Waals surface area contributed by atoms with E-state index in [1.54, 1.807) is 6.21 Å². The summed E-state index contributed by atoms with van der Waals surface area (Å²) in [5.41, 5.74) is 1.01. The molecule has 52 valence electrons. The van der Waals surface area contributed by atoms with E-state index in [2.05, 4.69) is 21.0 Å². The molecule has 0 unspecified atom stereocenters. The maximum absolute atomic E-state index is 4.96. The summed E-state index contributed by atoms with van der Waals surface area (Å²) >= 11 is 3.32. The predicted molar refractivity (Wildman–Crippen MR) is 45.9 cm³/mol. The van der Waals surface area contributed by atoms with Gasteiger partial charge in [0.25, 0.3) is 0 Å². The molecule has 2 nitrogen and oxygen atoms in total. The number of nitrogens with two attached hydrogens (primary N) is 1. The van der Waals surface area contributed by atoms with Crippen LogP contribution in [-0.2, 0) is 0 Å². The van der Waals surface area contributed by atoms with Gasteiger partial charge in [-0.25, -0.2) is 0 Å². The molecule has 0 aliphatic carbocycles. The van der Waals surface area contributed by atoms with Crippen LogP contribution in [0.3, 0.4) is 0 Å². The SMILES string of the molecule is N/N=C/c1ccc(Br)cc1. The Morgan fingerprint density at radius 2 is 1.90 bits per heavy atom. The first kappa shape index (κ1) is 7.28. The van der Waals surface area contributed by atoms with E-state index in [9.17, 15) is 0 Å². The molecule has 0 aliphatic heterocycles. The summed E-state index contributed by atoms with van der Waals surface area (Å²) in [6, 6.07) is 7.74. The Kier molecular flexibility index (Phi) is 2.45. The van der Waals surface area contributed by atoms with Gasteiger partial charge in [0, 0.05) is 4.47 Å². The number of halogens is 1. The fourth-order valence-electron chi connectivity index (χ4n) is 0.635. The van der Waals surface area contributed by atoms with Crippen LogP contribution in [0.25, 0.3) is 0 Å². The highest BCUT2D eigenvalue weighted by Crippen LogP contribution is 2.08. The third kappa shape index (κ3) is 1.84. The zero-order valence-electron chi connectivity index (χ0n) is 5.29. The summed E-state index contributed by atoms with van der Waals surface area (Å²) in [6.45, 7) is 0. The predicted octanol–water partition coefficient (Wildman–Crippen LogP) is 1.74. The fraction of sp³-hybridized carbons (Fsp3) is 0. The van der Waals surface area contributed by atoms with Gasteiger partial charge in [-0.3, -0.25) is 0 Å². The van der Waals surface area contributed by atoms with E-state index >= 15 is 0 Å². The Morgan fingerprint density at radius 3 is 2.40 bits per heavy atom. The van der Waals surface area contributed by atoms with E-state index in [1.807, 2.05) is 24.3 Å². The average Bonchev–Trinajstić information content (AvgIpc) is 1.95. The molecule has 0 saturated heterocycles. The highest BCUT2D eigenvalue weighted by atomic mass is 79.9. The molecule has 3 heteroatoms. The van der Waals surface area contributed by atoms with Crippen molar-refractivity contribution in [1.82, 2.24) is 0 Å². The molecule has 1 rings (SSSR count). The van der Waals surface area contributed by atoms with Crippen LogP contribution in [0.4, 0.5) is 0 Å². The fourth-order valence-corrected chi connectivity index (χ4v) is 0.899. The van der Waals surface area contributed by atoms with Gasteiger partial charge in [-0.05, 0) is 17.7 Å². The Labute approximate surface area is 67.9 Å². The standard InChI is InChI=1S/C7H7BrN2/c8-7-3-1-6(2-4-7)5-10-9/h1-5H,9H2/b10-5+. The van der Waals surface area contributed by atoms with Crippen molar-refractivity contribution in [2.75, 3.05) is 0 Å². The van der Waals surface area contributed by atoms with E-state index in [-0.39, 0.29) is 0 Å². The van der Waals surface area contributed by atoms with Gasteiger partial charge < -0.3 is 5.84 Å². The van der Waals surface area contributed by atoms with Crippen molar-refractivity contribution >= 4 is 22.1 Å². The lowest BCUT2D eigenvalue weighted by molar-refractivity contribution is 1.26. The van der Waals surface area contributed by atoms with Gasteiger partial charge in [-0.1, -0.05) is 28.1 Å². The van der Waals surface area contributed by atoms with Gasteiger partial charge in [0.2, 0.25) is 0 Å². The minimum atomic E-state index is 1.01. The second-order valence-electron chi connectivity index (χ2n) is 1.83. The summed E-state index contributed by atoms with van der Waals surface area (Å²) in [4.78, 5) is 0. The van der Waals surface area contributed by atoms with Crippen molar-refractivity contribution in [1.29, 1.82) is 0 Å². The number of hydrazone groups is 1. The first-order valence-electron chi connectivity index (χ1n) is 2.82. The molecule has 10 heavy (non-hydrogen) atoms. The monoisotopic (exact) mass is 198 g/mol. The largest absolute Gasteiger partial charge is 0.323 e. The van der Waals surface area contributed by atoms with Gasteiger partial charge in [0.05, 0.1) is 6.21 Å². The summed E-state index contributed by atoms with van der Waals surface area (Å²) < 4.78 is 1.06. The highest BCUT2D eigenvalue weighted by molar-refractivity contribution is 9.10.